The number of benzene rings is 2. The van der Waals surface area contributed by atoms with E-state index in [0.717, 1.165) is 17.5 Å². The summed E-state index contributed by atoms with van der Waals surface area (Å²) in [5.41, 5.74) is 1.67. The van der Waals surface area contributed by atoms with Crippen LogP contribution in [0.25, 0.3) is 0 Å². The number of aromatic nitrogens is 3. The monoisotopic (exact) mass is 355 g/mol. The van der Waals surface area contributed by atoms with Gasteiger partial charge in [-0.15, -0.1) is 10.2 Å². The highest BCUT2D eigenvalue weighted by molar-refractivity contribution is 7.99. The fourth-order valence-electron chi connectivity index (χ4n) is 2.50. The Morgan fingerprint density at radius 2 is 1.80 bits per heavy atom. The van der Waals surface area contributed by atoms with E-state index in [4.69, 9.17) is 0 Å². The smallest absolute Gasteiger partial charge is 0.191 e. The van der Waals surface area contributed by atoms with Gasteiger partial charge in [-0.05, 0) is 36.8 Å². The third kappa shape index (κ3) is 4.33. The summed E-state index contributed by atoms with van der Waals surface area (Å²) in [6.45, 7) is 2.77. The van der Waals surface area contributed by atoms with E-state index in [1.54, 1.807) is 0 Å². The lowest BCUT2D eigenvalue weighted by Gasteiger charge is -2.07. The van der Waals surface area contributed by atoms with Crippen molar-refractivity contribution in [2.75, 3.05) is 5.75 Å². The molecule has 1 heterocycles. The molecular formula is C19H18FN3OS. The molecule has 0 aliphatic rings. The number of hydrogen-bond acceptors (Lipinski definition) is 4. The van der Waals surface area contributed by atoms with Crippen LogP contribution in [0, 0.1) is 5.82 Å². The Hall–Kier alpha value is -2.47. The van der Waals surface area contributed by atoms with E-state index >= 15 is 0 Å². The van der Waals surface area contributed by atoms with Gasteiger partial charge in [0.2, 0.25) is 0 Å². The van der Waals surface area contributed by atoms with Crippen molar-refractivity contribution >= 4 is 17.5 Å². The van der Waals surface area contributed by atoms with Crippen LogP contribution in [-0.4, -0.2) is 26.3 Å². The molecule has 0 aliphatic heterocycles. The Kier molecular flexibility index (Phi) is 5.60. The van der Waals surface area contributed by atoms with Crippen LogP contribution in [0.4, 0.5) is 4.39 Å². The summed E-state index contributed by atoms with van der Waals surface area (Å²) in [4.78, 5) is 12.2. The molecule has 0 unspecified atom stereocenters. The van der Waals surface area contributed by atoms with Crippen LogP contribution >= 0.6 is 11.8 Å². The molecule has 3 aromatic rings. The first-order chi connectivity index (χ1) is 12.2. The van der Waals surface area contributed by atoms with Crippen LogP contribution in [0.2, 0.25) is 0 Å². The Morgan fingerprint density at radius 3 is 2.48 bits per heavy atom. The van der Waals surface area contributed by atoms with Crippen molar-refractivity contribution in [1.82, 2.24) is 14.8 Å². The molecule has 0 radical (unpaired) electrons. The summed E-state index contributed by atoms with van der Waals surface area (Å²) in [7, 11) is 0. The second-order valence-corrected chi connectivity index (χ2v) is 6.47. The minimum atomic E-state index is -0.347. The molecule has 4 nitrogen and oxygen atoms in total. The molecule has 0 amide bonds. The Balaban J connectivity index is 1.68. The highest BCUT2D eigenvalue weighted by Crippen LogP contribution is 2.20. The van der Waals surface area contributed by atoms with Crippen LogP contribution in [0.15, 0.2) is 59.8 Å². The molecule has 3 rings (SSSR count). The average Bonchev–Trinajstić information content (AvgIpc) is 3.02. The first-order valence-corrected chi connectivity index (χ1v) is 9.03. The Morgan fingerprint density at radius 1 is 1.08 bits per heavy atom. The lowest BCUT2D eigenvalue weighted by atomic mass is 10.1. The van der Waals surface area contributed by atoms with E-state index in [0.29, 0.717) is 12.0 Å². The minimum absolute atomic E-state index is 0.0553. The van der Waals surface area contributed by atoms with E-state index < -0.39 is 0 Å². The fraction of sp³-hybridized carbons (Fsp3) is 0.211. The summed E-state index contributed by atoms with van der Waals surface area (Å²) in [5, 5.41) is 9.23. The van der Waals surface area contributed by atoms with Gasteiger partial charge in [-0.3, -0.25) is 4.79 Å². The van der Waals surface area contributed by atoms with E-state index in [-0.39, 0.29) is 17.4 Å². The third-order valence-electron chi connectivity index (χ3n) is 3.81. The van der Waals surface area contributed by atoms with E-state index in [1.165, 1.54) is 41.6 Å². The van der Waals surface area contributed by atoms with Crippen molar-refractivity contribution < 1.29 is 9.18 Å². The molecule has 0 bridgehead atoms. The Bertz CT molecular complexity index is 847. The van der Waals surface area contributed by atoms with Gasteiger partial charge in [-0.2, -0.15) is 0 Å². The van der Waals surface area contributed by atoms with E-state index in [9.17, 15) is 9.18 Å². The maximum Gasteiger partial charge on any atom is 0.191 e. The van der Waals surface area contributed by atoms with Crippen molar-refractivity contribution in [3.05, 3.63) is 77.4 Å². The maximum atomic E-state index is 12.9. The third-order valence-corrected chi connectivity index (χ3v) is 4.78. The molecule has 128 valence electrons. The summed E-state index contributed by atoms with van der Waals surface area (Å²) < 4.78 is 15.0. The highest BCUT2D eigenvalue weighted by Gasteiger charge is 2.14. The molecule has 0 atom stereocenters. The number of ketones is 1. The van der Waals surface area contributed by atoms with Crippen LogP contribution in [0.5, 0.6) is 0 Å². The first-order valence-electron chi connectivity index (χ1n) is 8.05. The van der Waals surface area contributed by atoms with Gasteiger partial charge in [0.25, 0.3) is 0 Å². The highest BCUT2D eigenvalue weighted by atomic mass is 32.2. The SMILES string of the molecule is CCn1c(Cc2ccccc2)nnc1SCC(=O)c1ccc(F)cc1. The van der Waals surface area contributed by atoms with Crippen LogP contribution < -0.4 is 0 Å². The van der Waals surface area contributed by atoms with Gasteiger partial charge in [-0.25, -0.2) is 4.39 Å². The number of rotatable bonds is 7. The summed E-state index contributed by atoms with van der Waals surface area (Å²) >= 11 is 1.36. The largest absolute Gasteiger partial charge is 0.306 e. The van der Waals surface area contributed by atoms with Gasteiger partial charge < -0.3 is 4.57 Å². The molecule has 0 spiro atoms. The fourth-order valence-corrected chi connectivity index (χ4v) is 3.42. The predicted octanol–water partition coefficient (Wildman–Crippen LogP) is 4.00. The molecule has 0 aliphatic carbocycles. The number of nitrogens with zero attached hydrogens (tertiary/aromatic N) is 3. The zero-order chi connectivity index (χ0) is 17.6. The molecule has 25 heavy (non-hydrogen) atoms. The molecular weight excluding hydrogens is 337 g/mol. The van der Waals surface area contributed by atoms with Gasteiger partial charge in [0.15, 0.2) is 10.9 Å². The summed E-state index contributed by atoms with van der Waals surface area (Å²) in [6.07, 6.45) is 0.703. The number of Topliss-reactive ketones (excluding diaryl/α,β-unsaturated/α-hetero) is 1. The molecule has 6 heteroatoms. The summed E-state index contributed by atoms with van der Waals surface area (Å²) in [5.74, 6) is 0.723. The molecule has 0 N–H and O–H groups in total. The van der Waals surface area contributed by atoms with Crippen molar-refractivity contribution in [2.24, 2.45) is 0 Å². The normalized spacial score (nSPS) is 10.8. The zero-order valence-electron chi connectivity index (χ0n) is 13.9. The van der Waals surface area contributed by atoms with Crippen molar-refractivity contribution in [2.45, 2.75) is 25.0 Å². The van der Waals surface area contributed by atoms with Crippen molar-refractivity contribution in [3.8, 4) is 0 Å². The lowest BCUT2D eigenvalue weighted by Crippen LogP contribution is -2.07. The maximum absolute atomic E-state index is 12.9. The molecule has 1 aromatic heterocycles. The van der Waals surface area contributed by atoms with Gasteiger partial charge in [0, 0.05) is 18.5 Å². The number of halogens is 1. The van der Waals surface area contributed by atoms with Gasteiger partial charge in [0.1, 0.15) is 11.6 Å². The van der Waals surface area contributed by atoms with Crippen LogP contribution in [-0.2, 0) is 13.0 Å². The molecule has 0 fully saturated rings. The molecule has 2 aromatic carbocycles. The number of carbonyl (C=O) groups excluding carboxylic acids is 1. The standard InChI is InChI=1S/C19H18FN3OS/c1-2-23-18(12-14-6-4-3-5-7-14)21-22-19(23)25-13-17(24)15-8-10-16(20)11-9-15/h3-11H,2,12-13H2,1H3. The summed E-state index contributed by atoms with van der Waals surface area (Å²) in [6, 6.07) is 15.7. The van der Waals surface area contributed by atoms with Gasteiger partial charge in [0.05, 0.1) is 5.75 Å². The quantitative estimate of drug-likeness (QED) is 0.475. The second kappa shape index (κ2) is 8.07. The van der Waals surface area contributed by atoms with Crippen molar-refractivity contribution in [1.29, 1.82) is 0 Å². The van der Waals surface area contributed by atoms with E-state index in [1.807, 2.05) is 29.7 Å². The van der Waals surface area contributed by atoms with Crippen molar-refractivity contribution in [3.63, 3.8) is 0 Å². The zero-order valence-corrected chi connectivity index (χ0v) is 14.7. The second-order valence-electron chi connectivity index (χ2n) is 5.52. The minimum Gasteiger partial charge on any atom is -0.306 e. The Labute approximate surface area is 150 Å². The average molecular weight is 355 g/mol. The topological polar surface area (TPSA) is 47.8 Å². The van der Waals surface area contributed by atoms with Crippen LogP contribution in [0.3, 0.4) is 0 Å². The van der Waals surface area contributed by atoms with Gasteiger partial charge in [-0.1, -0.05) is 42.1 Å². The first kappa shape index (κ1) is 17.4. The van der Waals surface area contributed by atoms with Gasteiger partial charge >= 0.3 is 0 Å². The molecule has 0 saturated carbocycles. The van der Waals surface area contributed by atoms with E-state index in [2.05, 4.69) is 22.3 Å². The number of thioether (sulfide) groups is 1. The number of hydrogen-bond donors (Lipinski definition) is 0. The lowest BCUT2D eigenvalue weighted by molar-refractivity contribution is 0.102. The molecule has 0 saturated heterocycles. The predicted molar refractivity (Wildman–Crippen MR) is 96.4 cm³/mol. The number of carbonyl (C=O) groups is 1. The van der Waals surface area contributed by atoms with Crippen LogP contribution in [0.1, 0.15) is 28.7 Å².